The summed E-state index contributed by atoms with van der Waals surface area (Å²) in [6.07, 6.45) is 0. The average molecular weight is 92.1 g/mol. The highest BCUT2D eigenvalue weighted by molar-refractivity contribution is 5.34. The second-order valence-corrected chi connectivity index (χ2v) is 1.32. The number of hydrogen-bond donors (Lipinski definition) is 1. The van der Waals surface area contributed by atoms with Crippen LogP contribution < -0.4 is 5.73 Å². The van der Waals surface area contributed by atoms with E-state index < -0.39 is 0 Å². The Kier molecular flexibility index (Phi) is 0.984. The van der Waals surface area contributed by atoms with Crippen LogP contribution in [0.25, 0.3) is 0 Å². The van der Waals surface area contributed by atoms with Crippen LogP contribution in [0.1, 0.15) is 0 Å². The van der Waals surface area contributed by atoms with Gasteiger partial charge in [-0.2, -0.15) is 24.3 Å². The maximum atomic E-state index is 5.30. The lowest BCUT2D eigenvalue weighted by Crippen LogP contribution is -1.80. The third-order valence-electron chi connectivity index (χ3n) is 0.733. The highest BCUT2D eigenvalue weighted by Crippen LogP contribution is 1.94. The minimum atomic E-state index is 0.697. The van der Waals surface area contributed by atoms with Crippen LogP contribution in [0.2, 0.25) is 0 Å². The smallest absolute Gasteiger partial charge is 0.0844 e. The number of rotatable bonds is 0. The van der Waals surface area contributed by atoms with Crippen molar-refractivity contribution in [3.63, 3.8) is 0 Å². The Morgan fingerprint density at radius 3 is 2.57 bits per heavy atom. The van der Waals surface area contributed by atoms with Gasteiger partial charge in [-0.25, -0.2) is 0 Å². The standard InChI is InChI=1S/C6H6N/c7-6-4-2-1-3-5-6/h1-4H,7H2/q-1. The fourth-order valence-electron chi connectivity index (χ4n) is 0.407. The predicted molar refractivity (Wildman–Crippen MR) is 29.7 cm³/mol. The van der Waals surface area contributed by atoms with Gasteiger partial charge in [0.2, 0.25) is 0 Å². The molecule has 1 aromatic rings. The normalized spacial score (nSPS) is 8.57. The van der Waals surface area contributed by atoms with Crippen molar-refractivity contribution in [1.82, 2.24) is 0 Å². The fraction of sp³-hybridized carbons (Fsp3) is 0. The van der Waals surface area contributed by atoms with Crippen molar-refractivity contribution >= 4 is 5.69 Å². The van der Waals surface area contributed by atoms with Gasteiger partial charge in [-0.1, -0.05) is 5.69 Å². The topological polar surface area (TPSA) is 26.0 Å². The second-order valence-electron chi connectivity index (χ2n) is 1.32. The van der Waals surface area contributed by atoms with E-state index in [1.165, 1.54) is 0 Å². The van der Waals surface area contributed by atoms with Crippen molar-refractivity contribution in [2.75, 3.05) is 5.73 Å². The van der Waals surface area contributed by atoms with Crippen LogP contribution in [-0.4, -0.2) is 0 Å². The first kappa shape index (κ1) is 4.19. The molecule has 1 aromatic carbocycles. The first-order chi connectivity index (χ1) is 3.39. The predicted octanol–water partition coefficient (Wildman–Crippen LogP) is 1.07. The zero-order valence-electron chi connectivity index (χ0n) is 3.89. The van der Waals surface area contributed by atoms with Crippen molar-refractivity contribution in [3.8, 4) is 0 Å². The van der Waals surface area contributed by atoms with Gasteiger partial charge >= 0.3 is 0 Å². The average Bonchev–Trinajstić information content (AvgIpc) is 1.69. The molecular formula is C6H6N-. The van der Waals surface area contributed by atoms with E-state index in [-0.39, 0.29) is 0 Å². The lowest BCUT2D eigenvalue weighted by Gasteiger charge is -1.93. The van der Waals surface area contributed by atoms with E-state index in [0.29, 0.717) is 5.69 Å². The molecule has 1 heteroatoms. The van der Waals surface area contributed by atoms with Crippen LogP contribution in [0.15, 0.2) is 24.3 Å². The summed E-state index contributed by atoms with van der Waals surface area (Å²) in [4.78, 5) is 0. The molecule has 0 saturated heterocycles. The lowest BCUT2D eigenvalue weighted by molar-refractivity contribution is 1.67. The zero-order chi connectivity index (χ0) is 5.11. The molecule has 0 aliphatic carbocycles. The molecule has 0 fully saturated rings. The molecule has 1 rings (SSSR count). The molecule has 0 aliphatic heterocycles. The first-order valence-electron chi connectivity index (χ1n) is 2.12. The second kappa shape index (κ2) is 1.65. The van der Waals surface area contributed by atoms with Gasteiger partial charge < -0.3 is 5.73 Å². The van der Waals surface area contributed by atoms with Gasteiger partial charge in [-0.05, 0) is 0 Å². The summed E-state index contributed by atoms with van der Waals surface area (Å²) < 4.78 is 0. The molecule has 1 nitrogen and oxygen atoms in total. The summed E-state index contributed by atoms with van der Waals surface area (Å²) >= 11 is 0. The Morgan fingerprint density at radius 2 is 2.29 bits per heavy atom. The summed E-state index contributed by atoms with van der Waals surface area (Å²) in [5.74, 6) is 0. The summed E-state index contributed by atoms with van der Waals surface area (Å²) in [5, 5.41) is 0. The molecule has 0 aromatic heterocycles. The van der Waals surface area contributed by atoms with Crippen LogP contribution >= 0.6 is 0 Å². The largest absolute Gasteiger partial charge is 0.420 e. The first-order valence-corrected chi connectivity index (χ1v) is 2.12. The molecule has 0 spiro atoms. The number of para-hydroxylation sites is 1. The molecule has 0 radical (unpaired) electrons. The van der Waals surface area contributed by atoms with Crippen molar-refractivity contribution in [1.29, 1.82) is 0 Å². The summed E-state index contributed by atoms with van der Waals surface area (Å²) in [7, 11) is 0. The van der Waals surface area contributed by atoms with Crippen LogP contribution in [-0.2, 0) is 0 Å². The Bertz CT molecular complexity index is 134. The summed E-state index contributed by atoms with van der Waals surface area (Å²) in [6.45, 7) is 0. The molecule has 0 aliphatic rings. The maximum absolute atomic E-state index is 5.30. The third-order valence-corrected chi connectivity index (χ3v) is 0.733. The molecule has 0 heterocycles. The molecule has 7 heavy (non-hydrogen) atoms. The van der Waals surface area contributed by atoms with E-state index in [4.69, 9.17) is 5.73 Å². The Labute approximate surface area is 42.8 Å². The van der Waals surface area contributed by atoms with Gasteiger partial charge in [0.15, 0.2) is 0 Å². The van der Waals surface area contributed by atoms with E-state index in [9.17, 15) is 0 Å². The van der Waals surface area contributed by atoms with Crippen LogP contribution in [0.3, 0.4) is 0 Å². The van der Waals surface area contributed by atoms with E-state index in [0.717, 1.165) is 0 Å². The minimum absolute atomic E-state index is 0.697. The van der Waals surface area contributed by atoms with Crippen LogP contribution in [0.5, 0.6) is 0 Å². The molecule has 2 N–H and O–H groups in total. The van der Waals surface area contributed by atoms with Gasteiger partial charge in [0, 0.05) is 0 Å². The highest BCUT2D eigenvalue weighted by atomic mass is 14.5. The van der Waals surface area contributed by atoms with Gasteiger partial charge in [0.05, 0.1) is 0 Å². The van der Waals surface area contributed by atoms with Gasteiger partial charge in [0.1, 0.15) is 0 Å². The maximum Gasteiger partial charge on any atom is -0.0844 e. The van der Waals surface area contributed by atoms with E-state index in [1.54, 1.807) is 12.1 Å². The van der Waals surface area contributed by atoms with Crippen molar-refractivity contribution < 1.29 is 0 Å². The van der Waals surface area contributed by atoms with Crippen molar-refractivity contribution in [3.05, 3.63) is 30.3 Å². The van der Waals surface area contributed by atoms with Gasteiger partial charge in [-0.15, -0.1) is 6.07 Å². The van der Waals surface area contributed by atoms with Gasteiger partial charge in [0.25, 0.3) is 0 Å². The molecular weight excluding hydrogens is 86.1 g/mol. The number of benzene rings is 1. The monoisotopic (exact) mass is 92.1 g/mol. The number of hydrogen-bond acceptors (Lipinski definition) is 1. The van der Waals surface area contributed by atoms with E-state index in [1.807, 2.05) is 12.1 Å². The van der Waals surface area contributed by atoms with Crippen molar-refractivity contribution in [2.45, 2.75) is 0 Å². The molecule has 0 bridgehead atoms. The van der Waals surface area contributed by atoms with E-state index >= 15 is 0 Å². The lowest BCUT2D eigenvalue weighted by atomic mass is 10.3. The SMILES string of the molecule is Nc1[c-]cccc1. The Morgan fingerprint density at radius 1 is 1.43 bits per heavy atom. The van der Waals surface area contributed by atoms with E-state index in [2.05, 4.69) is 6.07 Å². The molecule has 0 unspecified atom stereocenters. The number of nitrogens with two attached hydrogens (primary N) is 1. The Balaban J connectivity index is 3.02. The highest BCUT2D eigenvalue weighted by Gasteiger charge is 1.61. The number of nitrogen functional groups attached to an aromatic ring is 1. The number of anilines is 1. The molecule has 0 atom stereocenters. The van der Waals surface area contributed by atoms with Gasteiger partial charge in [-0.3, -0.25) is 0 Å². The summed E-state index contributed by atoms with van der Waals surface area (Å²) in [6, 6.07) is 10.2. The van der Waals surface area contributed by atoms with Crippen molar-refractivity contribution in [2.24, 2.45) is 0 Å². The quantitative estimate of drug-likeness (QED) is 0.376. The minimum Gasteiger partial charge on any atom is -0.420 e. The molecule has 0 amide bonds. The van der Waals surface area contributed by atoms with Crippen LogP contribution in [0, 0.1) is 6.07 Å². The fourth-order valence-corrected chi connectivity index (χ4v) is 0.407. The zero-order valence-corrected chi connectivity index (χ0v) is 3.89. The Hall–Kier alpha value is -0.980. The summed E-state index contributed by atoms with van der Waals surface area (Å²) in [5.41, 5.74) is 6.00. The third kappa shape index (κ3) is 0.929. The molecule has 0 saturated carbocycles. The molecule has 36 valence electrons. The van der Waals surface area contributed by atoms with Crippen LogP contribution in [0.4, 0.5) is 5.69 Å².